The molecule has 2 heteroatoms. The number of hydrogen-bond donors (Lipinski definition) is 1. The van der Waals surface area contributed by atoms with Crippen LogP contribution < -0.4 is 0 Å². The standard InChI is InChI=1S/C13H22OS/c1-11-13(14,9-6-10-15-11)12-7-4-2-3-5-8-12/h7,11,14H,2-6,8-10H2,1H3. The summed E-state index contributed by atoms with van der Waals surface area (Å²) in [4.78, 5) is 0. The maximum absolute atomic E-state index is 10.8. The Morgan fingerprint density at radius 1 is 1.33 bits per heavy atom. The van der Waals surface area contributed by atoms with Crippen LogP contribution in [0, 0.1) is 0 Å². The molecule has 15 heavy (non-hydrogen) atoms. The molecular formula is C13H22OS. The van der Waals surface area contributed by atoms with Crippen LogP contribution >= 0.6 is 11.8 Å². The Kier molecular flexibility index (Phi) is 3.78. The zero-order chi connectivity index (χ0) is 10.7. The van der Waals surface area contributed by atoms with E-state index in [1.807, 2.05) is 11.8 Å². The minimum Gasteiger partial charge on any atom is -0.384 e. The van der Waals surface area contributed by atoms with Crippen LogP contribution in [-0.4, -0.2) is 21.7 Å². The zero-order valence-corrected chi connectivity index (χ0v) is 10.5. The Morgan fingerprint density at radius 2 is 2.20 bits per heavy atom. The van der Waals surface area contributed by atoms with Crippen molar-refractivity contribution in [1.82, 2.24) is 0 Å². The van der Waals surface area contributed by atoms with Crippen LogP contribution in [-0.2, 0) is 0 Å². The van der Waals surface area contributed by atoms with E-state index in [2.05, 4.69) is 13.0 Å². The molecule has 2 unspecified atom stereocenters. The summed E-state index contributed by atoms with van der Waals surface area (Å²) in [6.45, 7) is 2.19. The average molecular weight is 226 g/mol. The van der Waals surface area contributed by atoms with Crippen molar-refractivity contribution in [1.29, 1.82) is 0 Å². The van der Waals surface area contributed by atoms with E-state index in [1.165, 1.54) is 43.4 Å². The number of thioether (sulfide) groups is 1. The van der Waals surface area contributed by atoms with Crippen molar-refractivity contribution in [3.05, 3.63) is 11.6 Å². The summed E-state index contributed by atoms with van der Waals surface area (Å²) in [6.07, 6.45) is 10.7. The summed E-state index contributed by atoms with van der Waals surface area (Å²) in [7, 11) is 0. The van der Waals surface area contributed by atoms with E-state index in [0.717, 1.165) is 12.8 Å². The molecule has 86 valence electrons. The number of hydrogen-bond acceptors (Lipinski definition) is 2. The lowest BCUT2D eigenvalue weighted by Gasteiger charge is -2.39. The van der Waals surface area contributed by atoms with Gasteiger partial charge in [-0.15, -0.1) is 0 Å². The summed E-state index contributed by atoms with van der Waals surface area (Å²) in [5.41, 5.74) is 0.868. The van der Waals surface area contributed by atoms with E-state index in [-0.39, 0.29) is 0 Å². The Morgan fingerprint density at radius 3 is 3.00 bits per heavy atom. The third-order valence-corrected chi connectivity index (χ3v) is 5.25. The predicted octanol–water partition coefficient (Wildman–Crippen LogP) is 3.52. The van der Waals surface area contributed by atoms with Crippen LogP contribution in [0.1, 0.15) is 51.9 Å². The molecule has 0 saturated carbocycles. The molecule has 2 rings (SSSR count). The third kappa shape index (κ3) is 2.42. The Balaban J connectivity index is 2.14. The highest BCUT2D eigenvalue weighted by atomic mass is 32.2. The normalized spacial score (nSPS) is 38.3. The molecule has 0 aromatic heterocycles. The first-order chi connectivity index (χ1) is 7.23. The van der Waals surface area contributed by atoms with Gasteiger partial charge in [0, 0.05) is 5.25 Å². The average Bonchev–Trinajstić information content (AvgIpc) is 2.51. The highest BCUT2D eigenvalue weighted by molar-refractivity contribution is 8.00. The van der Waals surface area contributed by atoms with Crippen LogP contribution in [0.25, 0.3) is 0 Å². The van der Waals surface area contributed by atoms with Gasteiger partial charge in [0.2, 0.25) is 0 Å². The topological polar surface area (TPSA) is 20.2 Å². The lowest BCUT2D eigenvalue weighted by Crippen LogP contribution is -2.43. The molecule has 1 nitrogen and oxygen atoms in total. The second kappa shape index (κ2) is 4.92. The van der Waals surface area contributed by atoms with Crippen molar-refractivity contribution in [3.63, 3.8) is 0 Å². The fourth-order valence-electron chi connectivity index (χ4n) is 2.77. The largest absolute Gasteiger partial charge is 0.384 e. The van der Waals surface area contributed by atoms with Gasteiger partial charge in [0.25, 0.3) is 0 Å². The molecule has 1 heterocycles. The highest BCUT2D eigenvalue weighted by Gasteiger charge is 2.39. The molecule has 0 aromatic rings. The SMILES string of the molecule is CC1SCCCC1(O)C1=CCCCCC1. The fourth-order valence-corrected chi connectivity index (χ4v) is 3.98. The highest BCUT2D eigenvalue weighted by Crippen LogP contribution is 2.41. The zero-order valence-electron chi connectivity index (χ0n) is 9.67. The molecule has 1 aliphatic carbocycles. The lowest BCUT2D eigenvalue weighted by atomic mass is 9.83. The molecule has 2 atom stereocenters. The minimum atomic E-state index is -0.479. The summed E-state index contributed by atoms with van der Waals surface area (Å²) < 4.78 is 0. The van der Waals surface area contributed by atoms with Gasteiger partial charge in [0.1, 0.15) is 0 Å². The van der Waals surface area contributed by atoms with Gasteiger partial charge in [-0.2, -0.15) is 11.8 Å². The quantitative estimate of drug-likeness (QED) is 0.690. The molecule has 1 aliphatic heterocycles. The molecule has 1 N–H and O–H groups in total. The molecule has 0 aromatic carbocycles. The molecule has 0 radical (unpaired) electrons. The van der Waals surface area contributed by atoms with Gasteiger partial charge in [-0.3, -0.25) is 0 Å². The van der Waals surface area contributed by atoms with Gasteiger partial charge in [-0.05, 0) is 49.9 Å². The maximum Gasteiger partial charge on any atom is 0.0972 e. The summed E-state index contributed by atoms with van der Waals surface area (Å²) in [5, 5.41) is 11.2. The second-order valence-electron chi connectivity index (χ2n) is 4.87. The number of rotatable bonds is 1. The van der Waals surface area contributed by atoms with Gasteiger partial charge in [-0.25, -0.2) is 0 Å². The number of aliphatic hydroxyl groups is 1. The fraction of sp³-hybridized carbons (Fsp3) is 0.846. The van der Waals surface area contributed by atoms with Crippen molar-refractivity contribution < 1.29 is 5.11 Å². The minimum absolute atomic E-state index is 0.385. The molecular weight excluding hydrogens is 204 g/mol. The van der Waals surface area contributed by atoms with Crippen LogP contribution in [0.4, 0.5) is 0 Å². The molecule has 2 aliphatic rings. The van der Waals surface area contributed by atoms with Crippen LogP contribution in [0.5, 0.6) is 0 Å². The van der Waals surface area contributed by atoms with E-state index in [9.17, 15) is 5.11 Å². The van der Waals surface area contributed by atoms with Crippen molar-refractivity contribution in [2.24, 2.45) is 0 Å². The van der Waals surface area contributed by atoms with Crippen molar-refractivity contribution >= 4 is 11.8 Å². The van der Waals surface area contributed by atoms with Crippen LogP contribution in [0.15, 0.2) is 11.6 Å². The van der Waals surface area contributed by atoms with Gasteiger partial charge in [0.15, 0.2) is 0 Å². The first kappa shape index (κ1) is 11.5. The van der Waals surface area contributed by atoms with E-state index >= 15 is 0 Å². The summed E-state index contributed by atoms with van der Waals surface area (Å²) in [5.74, 6) is 1.22. The molecule has 0 amide bonds. The molecule has 0 spiro atoms. The predicted molar refractivity (Wildman–Crippen MR) is 67.3 cm³/mol. The lowest BCUT2D eigenvalue weighted by molar-refractivity contribution is 0.0629. The van der Waals surface area contributed by atoms with E-state index in [4.69, 9.17) is 0 Å². The first-order valence-electron chi connectivity index (χ1n) is 6.27. The first-order valence-corrected chi connectivity index (χ1v) is 7.32. The molecule has 1 fully saturated rings. The Labute approximate surface area is 97.3 Å². The Hall–Kier alpha value is 0.0500. The van der Waals surface area contributed by atoms with E-state index in [0.29, 0.717) is 5.25 Å². The van der Waals surface area contributed by atoms with Gasteiger partial charge >= 0.3 is 0 Å². The van der Waals surface area contributed by atoms with Crippen molar-refractivity contribution in [2.45, 2.75) is 62.7 Å². The van der Waals surface area contributed by atoms with Gasteiger partial charge < -0.3 is 5.11 Å². The molecule has 1 saturated heterocycles. The van der Waals surface area contributed by atoms with E-state index in [1.54, 1.807) is 0 Å². The molecule has 0 bridgehead atoms. The second-order valence-corrected chi connectivity index (χ2v) is 6.32. The van der Waals surface area contributed by atoms with Crippen molar-refractivity contribution in [2.75, 3.05) is 5.75 Å². The van der Waals surface area contributed by atoms with Gasteiger partial charge in [-0.1, -0.05) is 19.4 Å². The number of allylic oxidation sites excluding steroid dienone is 1. The Bertz CT molecular complexity index is 249. The monoisotopic (exact) mass is 226 g/mol. The summed E-state index contributed by atoms with van der Waals surface area (Å²) in [6, 6.07) is 0. The smallest absolute Gasteiger partial charge is 0.0972 e. The van der Waals surface area contributed by atoms with Crippen LogP contribution in [0.3, 0.4) is 0 Å². The third-order valence-electron chi connectivity index (χ3n) is 3.84. The van der Waals surface area contributed by atoms with E-state index < -0.39 is 5.60 Å². The van der Waals surface area contributed by atoms with Gasteiger partial charge in [0.05, 0.1) is 5.60 Å². The maximum atomic E-state index is 10.8. The van der Waals surface area contributed by atoms with Crippen LogP contribution in [0.2, 0.25) is 0 Å². The summed E-state index contributed by atoms with van der Waals surface area (Å²) >= 11 is 1.93. The van der Waals surface area contributed by atoms with Crippen molar-refractivity contribution in [3.8, 4) is 0 Å².